The van der Waals surface area contributed by atoms with Gasteiger partial charge < -0.3 is 14.7 Å². The van der Waals surface area contributed by atoms with E-state index in [2.05, 4.69) is 20.6 Å². The number of carbonyl (C=O) groups excluding carboxylic acids is 1. The number of rotatable bonds is 5. The molecule has 1 aromatic carbocycles. The summed E-state index contributed by atoms with van der Waals surface area (Å²) in [5.74, 6) is 0.858. The van der Waals surface area contributed by atoms with Gasteiger partial charge in [-0.1, -0.05) is 28.5 Å². The zero-order valence-corrected chi connectivity index (χ0v) is 12.2. The molecule has 0 fully saturated rings. The second-order valence-corrected chi connectivity index (χ2v) is 5.05. The van der Waals surface area contributed by atoms with Gasteiger partial charge in [-0.3, -0.25) is 4.79 Å². The van der Waals surface area contributed by atoms with Crippen LogP contribution in [0.25, 0.3) is 11.5 Å². The van der Waals surface area contributed by atoms with Crippen LogP contribution in [0.3, 0.4) is 0 Å². The minimum atomic E-state index is -0.523. The summed E-state index contributed by atoms with van der Waals surface area (Å²) in [5, 5.41) is 10.4. The van der Waals surface area contributed by atoms with Crippen LogP contribution in [-0.2, 0) is 16.1 Å². The van der Waals surface area contributed by atoms with E-state index in [0.717, 1.165) is 11.3 Å². The predicted octanol–water partition coefficient (Wildman–Crippen LogP) is 1.56. The number of nitrogens with zero attached hydrogens (tertiary/aromatic N) is 3. The van der Waals surface area contributed by atoms with Crippen molar-refractivity contribution >= 4 is 11.6 Å². The molecule has 22 heavy (non-hydrogen) atoms. The molecule has 1 atom stereocenters. The van der Waals surface area contributed by atoms with E-state index in [0.29, 0.717) is 31.1 Å². The lowest BCUT2D eigenvalue weighted by Gasteiger charge is -2.07. The number of nitrogens with one attached hydrogen (secondary N) is 1. The van der Waals surface area contributed by atoms with Crippen LogP contribution in [-0.4, -0.2) is 34.4 Å². The summed E-state index contributed by atoms with van der Waals surface area (Å²) in [4.78, 5) is 21.2. The maximum absolute atomic E-state index is 11.8. The Kier molecular flexibility index (Phi) is 4.13. The topological polar surface area (TPSA) is 89.6 Å². The molecule has 114 valence electrons. The standard InChI is InChI=1S/C15H16N4O3/c1-10-9-12(21-18-10)14(20)16-8-7-13-17-15(22-19-13)11-5-3-2-4-6-11/h2-6,12H,7-9H2,1H3,(H,16,20)/t12-/m1/s1. The molecule has 0 saturated heterocycles. The first-order valence-electron chi connectivity index (χ1n) is 7.07. The van der Waals surface area contributed by atoms with Crippen molar-refractivity contribution in [1.82, 2.24) is 15.5 Å². The van der Waals surface area contributed by atoms with Crippen LogP contribution in [0.15, 0.2) is 40.0 Å². The zero-order valence-electron chi connectivity index (χ0n) is 12.2. The van der Waals surface area contributed by atoms with Crippen LogP contribution in [0.5, 0.6) is 0 Å². The molecule has 7 heteroatoms. The normalized spacial score (nSPS) is 17.0. The molecule has 0 radical (unpaired) electrons. The third-order valence-corrected chi connectivity index (χ3v) is 3.25. The smallest absolute Gasteiger partial charge is 0.264 e. The second kappa shape index (κ2) is 6.38. The first-order chi connectivity index (χ1) is 10.7. The Hall–Kier alpha value is -2.70. The SMILES string of the molecule is CC1=NO[C@@H](C(=O)NCCc2noc(-c3ccccc3)n2)C1. The number of hydrogen-bond donors (Lipinski definition) is 1. The molecule has 7 nitrogen and oxygen atoms in total. The second-order valence-electron chi connectivity index (χ2n) is 5.05. The van der Waals surface area contributed by atoms with Crippen LogP contribution < -0.4 is 5.32 Å². The van der Waals surface area contributed by atoms with Gasteiger partial charge in [0.2, 0.25) is 6.10 Å². The fourth-order valence-corrected chi connectivity index (χ4v) is 2.10. The average Bonchev–Trinajstić information content (AvgIpc) is 3.17. The molecule has 1 aromatic heterocycles. The van der Waals surface area contributed by atoms with Gasteiger partial charge >= 0.3 is 0 Å². The third kappa shape index (κ3) is 3.30. The molecule has 1 amide bonds. The molecular formula is C15H16N4O3. The summed E-state index contributed by atoms with van der Waals surface area (Å²) < 4.78 is 5.21. The van der Waals surface area contributed by atoms with Gasteiger partial charge in [0.05, 0.1) is 5.71 Å². The van der Waals surface area contributed by atoms with E-state index < -0.39 is 6.10 Å². The highest BCUT2D eigenvalue weighted by atomic mass is 16.6. The number of aromatic nitrogens is 2. The van der Waals surface area contributed by atoms with Crippen LogP contribution in [0.1, 0.15) is 19.2 Å². The van der Waals surface area contributed by atoms with E-state index in [1.54, 1.807) is 0 Å². The van der Waals surface area contributed by atoms with Crippen LogP contribution in [0.2, 0.25) is 0 Å². The van der Waals surface area contributed by atoms with E-state index in [4.69, 9.17) is 9.36 Å². The molecule has 0 spiro atoms. The minimum Gasteiger partial charge on any atom is -0.382 e. The molecule has 2 aromatic rings. The lowest BCUT2D eigenvalue weighted by Crippen LogP contribution is -2.35. The van der Waals surface area contributed by atoms with Gasteiger partial charge in [0.1, 0.15) is 0 Å². The first kappa shape index (κ1) is 14.2. The van der Waals surface area contributed by atoms with Gasteiger partial charge in [0.25, 0.3) is 11.8 Å². The maximum Gasteiger partial charge on any atom is 0.264 e. The zero-order chi connectivity index (χ0) is 15.4. The molecule has 0 unspecified atom stereocenters. The number of amides is 1. The molecule has 0 saturated carbocycles. The minimum absolute atomic E-state index is 0.174. The lowest BCUT2D eigenvalue weighted by atomic mass is 10.2. The third-order valence-electron chi connectivity index (χ3n) is 3.25. The Morgan fingerprint density at radius 2 is 2.18 bits per heavy atom. The fourth-order valence-electron chi connectivity index (χ4n) is 2.10. The van der Waals surface area contributed by atoms with Crippen molar-refractivity contribution in [2.75, 3.05) is 6.54 Å². The van der Waals surface area contributed by atoms with Crippen molar-refractivity contribution in [3.63, 3.8) is 0 Å². The molecule has 0 aliphatic carbocycles. The largest absolute Gasteiger partial charge is 0.382 e. The average molecular weight is 300 g/mol. The van der Waals surface area contributed by atoms with Gasteiger partial charge in [-0.25, -0.2) is 0 Å². The van der Waals surface area contributed by atoms with Crippen molar-refractivity contribution in [2.24, 2.45) is 5.16 Å². The first-order valence-corrected chi connectivity index (χ1v) is 7.07. The Labute approximate surface area is 127 Å². The molecule has 1 aliphatic heterocycles. The maximum atomic E-state index is 11.8. The Morgan fingerprint density at radius 1 is 1.36 bits per heavy atom. The highest BCUT2D eigenvalue weighted by molar-refractivity contribution is 5.91. The quantitative estimate of drug-likeness (QED) is 0.905. The van der Waals surface area contributed by atoms with E-state index >= 15 is 0 Å². The number of oxime groups is 1. The van der Waals surface area contributed by atoms with Gasteiger partial charge in [0.15, 0.2) is 5.82 Å². The highest BCUT2D eigenvalue weighted by Crippen LogP contribution is 2.16. The molecule has 2 heterocycles. The van der Waals surface area contributed by atoms with Gasteiger partial charge in [-0.2, -0.15) is 4.98 Å². The molecule has 1 aliphatic rings. The van der Waals surface area contributed by atoms with Crippen LogP contribution >= 0.6 is 0 Å². The molecule has 3 rings (SSSR count). The van der Waals surface area contributed by atoms with Crippen molar-refractivity contribution < 1.29 is 14.2 Å². The van der Waals surface area contributed by atoms with Crippen molar-refractivity contribution in [1.29, 1.82) is 0 Å². The summed E-state index contributed by atoms with van der Waals surface area (Å²) >= 11 is 0. The highest BCUT2D eigenvalue weighted by Gasteiger charge is 2.25. The Balaban J connectivity index is 1.48. The monoisotopic (exact) mass is 300 g/mol. The van der Waals surface area contributed by atoms with Gasteiger partial charge in [-0.15, -0.1) is 0 Å². The summed E-state index contributed by atoms with van der Waals surface area (Å²) in [5.41, 5.74) is 1.70. The van der Waals surface area contributed by atoms with Crippen molar-refractivity contribution in [3.8, 4) is 11.5 Å². The van der Waals surface area contributed by atoms with E-state index in [1.807, 2.05) is 37.3 Å². The van der Waals surface area contributed by atoms with Gasteiger partial charge in [0, 0.05) is 24.9 Å². The van der Waals surface area contributed by atoms with E-state index in [1.165, 1.54) is 0 Å². The number of hydrogen-bond acceptors (Lipinski definition) is 6. The molecule has 0 bridgehead atoms. The van der Waals surface area contributed by atoms with Crippen molar-refractivity contribution in [3.05, 3.63) is 36.2 Å². The Morgan fingerprint density at radius 3 is 2.91 bits per heavy atom. The lowest BCUT2D eigenvalue weighted by molar-refractivity contribution is -0.131. The number of benzene rings is 1. The van der Waals surface area contributed by atoms with E-state index in [-0.39, 0.29) is 5.91 Å². The Bertz CT molecular complexity index is 681. The molecule has 1 N–H and O–H groups in total. The summed E-state index contributed by atoms with van der Waals surface area (Å²) in [6.45, 7) is 2.25. The summed E-state index contributed by atoms with van der Waals surface area (Å²) in [6, 6.07) is 9.54. The fraction of sp³-hybridized carbons (Fsp3) is 0.333. The number of carbonyl (C=O) groups is 1. The summed E-state index contributed by atoms with van der Waals surface area (Å²) in [6.07, 6.45) is 0.506. The van der Waals surface area contributed by atoms with Crippen LogP contribution in [0.4, 0.5) is 0 Å². The predicted molar refractivity (Wildman–Crippen MR) is 79.0 cm³/mol. The van der Waals surface area contributed by atoms with Crippen molar-refractivity contribution in [2.45, 2.75) is 25.9 Å². The molecular weight excluding hydrogens is 284 g/mol. The van der Waals surface area contributed by atoms with Crippen LogP contribution in [0, 0.1) is 0 Å². The summed E-state index contributed by atoms with van der Waals surface area (Å²) in [7, 11) is 0. The van der Waals surface area contributed by atoms with E-state index in [9.17, 15) is 4.79 Å². The van der Waals surface area contributed by atoms with Gasteiger partial charge in [-0.05, 0) is 19.1 Å².